The Labute approximate surface area is 192 Å². The second-order valence-corrected chi connectivity index (χ2v) is 14.9. The average molecular weight is 507 g/mol. The summed E-state index contributed by atoms with van der Waals surface area (Å²) in [6, 6.07) is 9.08. The number of anilines is 1. The molecule has 1 aliphatic heterocycles. The zero-order valence-electron chi connectivity index (χ0n) is 18.1. The normalized spacial score (nSPS) is 15.8. The molecule has 0 saturated carbocycles. The fourth-order valence-corrected chi connectivity index (χ4v) is 7.56. The van der Waals surface area contributed by atoms with Crippen LogP contribution in [0.25, 0.3) is 10.4 Å². The van der Waals surface area contributed by atoms with Gasteiger partial charge in [-0.3, -0.25) is 0 Å². The van der Waals surface area contributed by atoms with Gasteiger partial charge in [0.25, 0.3) is 0 Å². The second-order valence-electron chi connectivity index (χ2n) is 7.41. The van der Waals surface area contributed by atoms with Gasteiger partial charge in [-0.05, 0) is 13.0 Å². The molecule has 1 fully saturated rings. The molecule has 0 radical (unpaired) electrons. The zero-order chi connectivity index (χ0) is 22.2. The van der Waals surface area contributed by atoms with E-state index in [9.17, 15) is 9.59 Å². The van der Waals surface area contributed by atoms with E-state index in [1.54, 1.807) is 0 Å². The molecule has 31 heavy (non-hydrogen) atoms. The molecule has 1 aromatic carbocycles. The summed E-state index contributed by atoms with van der Waals surface area (Å²) in [6.45, 7) is 6.97. The van der Waals surface area contributed by atoms with E-state index in [1.165, 1.54) is 27.0 Å². The standard InChI is InChI=1S/C22H31AsN4O3S/c1-3-23(4-2)10-12-30-17-7-5-15(6-8-17)19-13-18(21(31-19)27-22(24)29)20(28)26-16-9-11-25-14-16/h5-8,13,16,25H,3-4,9-12,14H2,1-2H3,(H,26,28)(H3,24,27,29). The summed E-state index contributed by atoms with van der Waals surface area (Å²) in [7, 11) is 0. The molecule has 1 unspecified atom stereocenters. The van der Waals surface area contributed by atoms with Crippen molar-refractivity contribution in [3.8, 4) is 16.2 Å². The molecule has 3 rings (SSSR count). The number of hydrogen-bond donors (Lipinski definition) is 4. The second kappa shape index (κ2) is 11.6. The van der Waals surface area contributed by atoms with Crippen molar-refractivity contribution in [1.29, 1.82) is 0 Å². The number of primary amides is 1. The third-order valence-corrected chi connectivity index (χ3v) is 11.9. The number of carbonyl (C=O) groups excluding carboxylic acids is 2. The Hall–Kier alpha value is -2.02. The van der Waals surface area contributed by atoms with Crippen LogP contribution in [0.1, 0.15) is 30.6 Å². The number of thiophene rings is 1. The van der Waals surface area contributed by atoms with Crippen molar-refractivity contribution in [1.82, 2.24) is 10.6 Å². The Bertz CT molecular complexity index is 877. The number of carbonyl (C=O) groups is 2. The Morgan fingerprint density at radius 1 is 1.26 bits per heavy atom. The topological polar surface area (TPSA) is 105 Å². The number of amides is 3. The zero-order valence-corrected chi connectivity index (χ0v) is 20.8. The monoisotopic (exact) mass is 506 g/mol. The molecule has 5 N–H and O–H groups in total. The number of nitrogens with two attached hydrogens (primary N) is 1. The molecule has 1 aromatic heterocycles. The van der Waals surface area contributed by atoms with Crippen molar-refractivity contribution in [2.45, 2.75) is 41.9 Å². The van der Waals surface area contributed by atoms with E-state index in [1.807, 2.05) is 30.3 Å². The fourth-order valence-electron chi connectivity index (χ4n) is 3.50. The molecule has 9 heteroatoms. The van der Waals surface area contributed by atoms with Crippen LogP contribution in [0.4, 0.5) is 9.80 Å². The van der Waals surface area contributed by atoms with Gasteiger partial charge >= 0.3 is 151 Å². The predicted molar refractivity (Wildman–Crippen MR) is 129 cm³/mol. The van der Waals surface area contributed by atoms with Gasteiger partial charge in [0.05, 0.1) is 0 Å². The maximum atomic E-state index is 12.8. The van der Waals surface area contributed by atoms with E-state index in [-0.39, 0.29) is 11.9 Å². The number of hydrogen-bond acceptors (Lipinski definition) is 5. The van der Waals surface area contributed by atoms with Crippen molar-refractivity contribution < 1.29 is 14.3 Å². The van der Waals surface area contributed by atoms with E-state index >= 15 is 0 Å². The van der Waals surface area contributed by atoms with Crippen molar-refractivity contribution in [2.24, 2.45) is 5.73 Å². The summed E-state index contributed by atoms with van der Waals surface area (Å²) in [4.78, 5) is 25.1. The minimum atomic E-state index is -0.706. The van der Waals surface area contributed by atoms with Gasteiger partial charge in [-0.1, -0.05) is 0 Å². The van der Waals surface area contributed by atoms with Gasteiger partial charge in [0.1, 0.15) is 0 Å². The van der Waals surface area contributed by atoms with E-state index in [0.717, 1.165) is 42.3 Å². The Kier molecular flexibility index (Phi) is 8.81. The number of urea groups is 1. The summed E-state index contributed by atoms with van der Waals surface area (Å²) in [6.07, 6.45) is 0.892. The number of ether oxygens (including phenoxy) is 1. The van der Waals surface area contributed by atoms with Crippen LogP contribution in [-0.2, 0) is 0 Å². The summed E-state index contributed by atoms with van der Waals surface area (Å²) in [5.41, 5.74) is 6.71. The molecule has 0 spiro atoms. The van der Waals surface area contributed by atoms with Gasteiger partial charge < -0.3 is 11.1 Å². The van der Waals surface area contributed by atoms with Gasteiger partial charge in [0.15, 0.2) is 0 Å². The molecule has 0 bridgehead atoms. The Balaban J connectivity index is 1.70. The van der Waals surface area contributed by atoms with Crippen LogP contribution < -0.4 is 26.4 Å². The number of nitrogens with one attached hydrogen (secondary N) is 3. The summed E-state index contributed by atoms with van der Waals surface area (Å²) >= 11 is 0.631. The Morgan fingerprint density at radius 2 is 2.00 bits per heavy atom. The van der Waals surface area contributed by atoms with E-state index in [4.69, 9.17) is 10.5 Å². The van der Waals surface area contributed by atoms with Crippen LogP contribution in [0.15, 0.2) is 30.3 Å². The maximum absolute atomic E-state index is 12.8. The first-order chi connectivity index (χ1) is 15.0. The van der Waals surface area contributed by atoms with Gasteiger partial charge in [0.2, 0.25) is 0 Å². The van der Waals surface area contributed by atoms with Crippen LogP contribution in [0.3, 0.4) is 0 Å². The molecular formula is C22H31AsN4O3S. The van der Waals surface area contributed by atoms with Crippen molar-refractivity contribution in [2.75, 3.05) is 25.0 Å². The van der Waals surface area contributed by atoms with Crippen LogP contribution in [0.2, 0.25) is 15.6 Å². The minimum absolute atomic E-state index is 0.0944. The van der Waals surface area contributed by atoms with E-state index < -0.39 is 20.7 Å². The van der Waals surface area contributed by atoms with Crippen LogP contribution in [-0.4, -0.2) is 52.3 Å². The predicted octanol–water partition coefficient (Wildman–Crippen LogP) is 3.91. The quantitative estimate of drug-likeness (QED) is 0.367. The van der Waals surface area contributed by atoms with Crippen LogP contribution >= 0.6 is 11.3 Å². The fraction of sp³-hybridized carbons (Fsp3) is 0.455. The third-order valence-electron chi connectivity index (χ3n) is 5.32. The Morgan fingerprint density at radius 3 is 2.61 bits per heavy atom. The summed E-state index contributed by atoms with van der Waals surface area (Å²) < 4.78 is 5.92. The van der Waals surface area contributed by atoms with Crippen molar-refractivity contribution in [3.05, 3.63) is 35.9 Å². The molecule has 1 atom stereocenters. The summed E-state index contributed by atoms with van der Waals surface area (Å²) in [5.74, 6) is 0.648. The van der Waals surface area contributed by atoms with Gasteiger partial charge in [-0.2, -0.15) is 0 Å². The van der Waals surface area contributed by atoms with Gasteiger partial charge in [-0.15, -0.1) is 0 Å². The molecule has 2 heterocycles. The molecule has 0 aliphatic carbocycles. The molecule has 1 saturated heterocycles. The SMILES string of the molecule is CC[As](CC)CCOc1ccc(-c2cc(C(=O)NC3CCNC3)c(NC(N)=O)s2)cc1. The average Bonchev–Trinajstić information content (AvgIpc) is 3.41. The van der Waals surface area contributed by atoms with E-state index in [2.05, 4.69) is 29.8 Å². The summed E-state index contributed by atoms with van der Waals surface area (Å²) in [5, 5.41) is 13.1. The number of benzene rings is 1. The first kappa shape index (κ1) is 23.6. The first-order valence-corrected chi connectivity index (χ1v) is 15.5. The van der Waals surface area contributed by atoms with E-state index in [0.29, 0.717) is 10.6 Å². The van der Waals surface area contributed by atoms with Gasteiger partial charge in [-0.25, -0.2) is 4.79 Å². The third kappa shape index (κ3) is 6.73. The number of rotatable bonds is 10. The van der Waals surface area contributed by atoms with Crippen LogP contribution in [0.5, 0.6) is 5.75 Å². The first-order valence-electron chi connectivity index (χ1n) is 10.7. The van der Waals surface area contributed by atoms with Crippen LogP contribution in [0, 0.1) is 0 Å². The molecule has 168 valence electrons. The molecule has 7 nitrogen and oxygen atoms in total. The molecule has 2 aromatic rings. The molecule has 3 amide bonds. The molecule has 1 aliphatic rings. The van der Waals surface area contributed by atoms with Crippen molar-refractivity contribution >= 4 is 42.9 Å². The molecular weight excluding hydrogens is 475 g/mol. The van der Waals surface area contributed by atoms with Crippen molar-refractivity contribution in [3.63, 3.8) is 0 Å². The van der Waals surface area contributed by atoms with Gasteiger partial charge in [0, 0.05) is 12.6 Å².